The highest BCUT2D eigenvalue weighted by atomic mass is 35.5. The summed E-state index contributed by atoms with van der Waals surface area (Å²) in [6.45, 7) is 2.83. The highest BCUT2D eigenvalue weighted by Crippen LogP contribution is 2.41. The number of carbonyl (C=O) groups is 1. The first-order valence-electron chi connectivity index (χ1n) is 7.66. The molecule has 2 aromatic rings. The van der Waals surface area contributed by atoms with E-state index >= 15 is 0 Å². The first-order chi connectivity index (χ1) is 11.7. The lowest BCUT2D eigenvalue weighted by atomic mass is 10.2. The Kier molecular flexibility index (Phi) is 4.34. The first-order valence-corrected chi connectivity index (χ1v) is 9.09. The summed E-state index contributed by atoms with van der Waals surface area (Å²) < 4.78 is 5.34. The molecular formula is C15H16ClN5O2S. The van der Waals surface area contributed by atoms with Crippen molar-refractivity contribution in [2.75, 3.05) is 41.9 Å². The molecule has 0 unspecified atom stereocenters. The number of aromatic nitrogens is 3. The smallest absolute Gasteiger partial charge is 0.246 e. The second kappa shape index (κ2) is 6.62. The Balaban J connectivity index is 1.60. The number of benzene rings is 1. The highest BCUT2D eigenvalue weighted by Gasteiger charge is 2.36. The van der Waals surface area contributed by atoms with Crippen molar-refractivity contribution in [3.05, 3.63) is 34.9 Å². The number of thioether (sulfide) groups is 1. The lowest BCUT2D eigenvalue weighted by Gasteiger charge is -2.25. The maximum absolute atomic E-state index is 12.4. The van der Waals surface area contributed by atoms with Crippen LogP contribution in [0, 0.1) is 0 Å². The van der Waals surface area contributed by atoms with Crippen molar-refractivity contribution >= 4 is 41.2 Å². The normalized spacial score (nSPS) is 21.5. The van der Waals surface area contributed by atoms with Gasteiger partial charge < -0.3 is 9.64 Å². The number of hydrogen-bond acceptors (Lipinski definition) is 6. The summed E-state index contributed by atoms with van der Waals surface area (Å²) in [4.78, 5) is 20.6. The Morgan fingerprint density at radius 2 is 2.00 bits per heavy atom. The number of H-pyrrole nitrogens is 1. The van der Waals surface area contributed by atoms with Crippen LogP contribution in [0.25, 0.3) is 0 Å². The molecule has 2 fully saturated rings. The maximum atomic E-state index is 12.4. The van der Waals surface area contributed by atoms with Crippen molar-refractivity contribution in [2.24, 2.45) is 0 Å². The van der Waals surface area contributed by atoms with E-state index in [0.717, 1.165) is 18.7 Å². The van der Waals surface area contributed by atoms with Gasteiger partial charge in [0.25, 0.3) is 0 Å². The minimum Gasteiger partial charge on any atom is -0.378 e. The topological polar surface area (TPSA) is 74.3 Å². The predicted octanol–water partition coefficient (Wildman–Crippen LogP) is 2.07. The third kappa shape index (κ3) is 2.97. The first kappa shape index (κ1) is 15.7. The summed E-state index contributed by atoms with van der Waals surface area (Å²) in [5.41, 5.74) is 1.01. The van der Waals surface area contributed by atoms with Crippen molar-refractivity contribution in [3.8, 4) is 0 Å². The minimum atomic E-state index is -0.125. The standard InChI is InChI=1S/C15H16ClN5O2S/c16-11-3-1-10(2-4-11)13-21(12(22)9-24-13)15-17-14(18-19-15)20-5-7-23-8-6-20/h1-4,13H,5-9H2,(H,17,18,19)/t13-/m1/s1. The fraction of sp³-hybridized carbons (Fsp3) is 0.400. The van der Waals surface area contributed by atoms with Gasteiger partial charge in [0.05, 0.1) is 19.0 Å². The van der Waals surface area contributed by atoms with Gasteiger partial charge in [-0.15, -0.1) is 16.9 Å². The molecule has 0 radical (unpaired) electrons. The van der Waals surface area contributed by atoms with Crippen LogP contribution in [-0.4, -0.2) is 53.1 Å². The van der Waals surface area contributed by atoms with Crippen molar-refractivity contribution in [2.45, 2.75) is 5.37 Å². The Hall–Kier alpha value is -1.77. The molecule has 7 nitrogen and oxygen atoms in total. The number of morpholine rings is 1. The molecule has 1 aromatic carbocycles. The molecule has 4 rings (SSSR count). The number of amides is 1. The average Bonchev–Trinajstić information content (AvgIpc) is 3.23. The maximum Gasteiger partial charge on any atom is 0.246 e. The van der Waals surface area contributed by atoms with E-state index in [2.05, 4.69) is 20.1 Å². The van der Waals surface area contributed by atoms with Gasteiger partial charge in [-0.25, -0.2) is 5.10 Å². The van der Waals surface area contributed by atoms with Crippen LogP contribution in [0.5, 0.6) is 0 Å². The molecule has 2 aliphatic heterocycles. The molecule has 2 saturated heterocycles. The van der Waals surface area contributed by atoms with Crippen LogP contribution >= 0.6 is 23.4 Å². The van der Waals surface area contributed by atoms with E-state index in [9.17, 15) is 4.79 Å². The molecule has 9 heteroatoms. The van der Waals surface area contributed by atoms with Gasteiger partial charge in [0.2, 0.25) is 17.8 Å². The van der Waals surface area contributed by atoms with Crippen LogP contribution in [0.15, 0.2) is 24.3 Å². The van der Waals surface area contributed by atoms with Crippen LogP contribution < -0.4 is 9.80 Å². The van der Waals surface area contributed by atoms with Crippen molar-refractivity contribution < 1.29 is 9.53 Å². The van der Waals surface area contributed by atoms with E-state index in [4.69, 9.17) is 16.3 Å². The fourth-order valence-electron chi connectivity index (χ4n) is 2.78. The SMILES string of the molecule is O=C1CS[C@H](c2ccc(Cl)cc2)N1c1nc(N2CCOCC2)n[nH]1. The van der Waals surface area contributed by atoms with Gasteiger partial charge >= 0.3 is 0 Å². The quantitative estimate of drug-likeness (QED) is 0.897. The molecular weight excluding hydrogens is 350 g/mol. The van der Waals surface area contributed by atoms with Gasteiger partial charge in [-0.05, 0) is 17.7 Å². The molecule has 1 N–H and O–H groups in total. The molecule has 3 heterocycles. The minimum absolute atomic E-state index is 0.0182. The Labute approximate surface area is 148 Å². The molecule has 0 aliphatic carbocycles. The molecule has 24 heavy (non-hydrogen) atoms. The van der Waals surface area contributed by atoms with E-state index in [1.807, 2.05) is 24.3 Å². The van der Waals surface area contributed by atoms with Gasteiger partial charge in [0.1, 0.15) is 5.37 Å². The zero-order valence-electron chi connectivity index (χ0n) is 12.8. The Bertz CT molecular complexity index is 732. The molecule has 0 bridgehead atoms. The summed E-state index contributed by atoms with van der Waals surface area (Å²) in [5.74, 6) is 1.52. The largest absolute Gasteiger partial charge is 0.378 e. The number of hydrogen-bond donors (Lipinski definition) is 1. The zero-order chi connectivity index (χ0) is 16.5. The fourth-order valence-corrected chi connectivity index (χ4v) is 4.07. The average molecular weight is 366 g/mol. The van der Waals surface area contributed by atoms with E-state index in [-0.39, 0.29) is 11.3 Å². The number of aromatic amines is 1. The second-order valence-electron chi connectivity index (χ2n) is 5.54. The van der Waals surface area contributed by atoms with E-state index in [0.29, 0.717) is 35.9 Å². The molecule has 1 amide bonds. The monoisotopic (exact) mass is 365 g/mol. The van der Waals surface area contributed by atoms with Crippen LogP contribution in [0.3, 0.4) is 0 Å². The lowest BCUT2D eigenvalue weighted by molar-refractivity contribution is -0.115. The van der Waals surface area contributed by atoms with Gasteiger partial charge in [-0.1, -0.05) is 23.7 Å². The number of rotatable bonds is 3. The number of nitrogens with one attached hydrogen (secondary N) is 1. The molecule has 126 valence electrons. The van der Waals surface area contributed by atoms with Crippen molar-refractivity contribution in [1.29, 1.82) is 0 Å². The van der Waals surface area contributed by atoms with E-state index < -0.39 is 0 Å². The molecule has 2 aliphatic rings. The summed E-state index contributed by atoms with van der Waals surface area (Å²) in [5, 5.41) is 7.73. The number of anilines is 2. The number of halogens is 1. The Morgan fingerprint density at radius 1 is 1.25 bits per heavy atom. The second-order valence-corrected chi connectivity index (χ2v) is 7.04. The van der Waals surface area contributed by atoms with E-state index in [1.54, 1.807) is 16.7 Å². The third-order valence-electron chi connectivity index (χ3n) is 4.01. The predicted molar refractivity (Wildman–Crippen MR) is 93.6 cm³/mol. The third-order valence-corrected chi connectivity index (χ3v) is 5.47. The van der Waals surface area contributed by atoms with Crippen LogP contribution in [0.2, 0.25) is 5.02 Å². The highest BCUT2D eigenvalue weighted by molar-refractivity contribution is 8.00. The van der Waals surface area contributed by atoms with Crippen molar-refractivity contribution in [3.63, 3.8) is 0 Å². The van der Waals surface area contributed by atoms with Gasteiger partial charge in [0.15, 0.2) is 0 Å². The summed E-state index contributed by atoms with van der Waals surface area (Å²) in [6, 6.07) is 7.53. The van der Waals surface area contributed by atoms with Crippen LogP contribution in [-0.2, 0) is 9.53 Å². The summed E-state index contributed by atoms with van der Waals surface area (Å²) in [6.07, 6.45) is 0. The van der Waals surface area contributed by atoms with Crippen LogP contribution in [0.4, 0.5) is 11.9 Å². The number of ether oxygens (including phenoxy) is 1. The van der Waals surface area contributed by atoms with Crippen molar-refractivity contribution in [1.82, 2.24) is 15.2 Å². The molecule has 1 aromatic heterocycles. The summed E-state index contributed by atoms with van der Waals surface area (Å²) >= 11 is 7.53. The van der Waals surface area contributed by atoms with Gasteiger partial charge in [-0.3, -0.25) is 9.69 Å². The molecule has 1 atom stereocenters. The lowest BCUT2D eigenvalue weighted by Crippen LogP contribution is -2.37. The number of nitrogens with zero attached hydrogens (tertiary/aromatic N) is 4. The summed E-state index contributed by atoms with van der Waals surface area (Å²) in [7, 11) is 0. The van der Waals surface area contributed by atoms with Crippen LogP contribution in [0.1, 0.15) is 10.9 Å². The number of carbonyl (C=O) groups excluding carboxylic acids is 1. The zero-order valence-corrected chi connectivity index (χ0v) is 14.4. The van der Waals surface area contributed by atoms with E-state index in [1.165, 1.54) is 0 Å². The molecule has 0 spiro atoms. The Morgan fingerprint density at radius 3 is 2.75 bits per heavy atom. The van der Waals surface area contributed by atoms with Gasteiger partial charge in [-0.2, -0.15) is 4.98 Å². The molecule has 0 saturated carbocycles. The van der Waals surface area contributed by atoms with Gasteiger partial charge in [0, 0.05) is 18.1 Å².